The van der Waals surface area contributed by atoms with Crippen molar-refractivity contribution in [2.24, 2.45) is 5.92 Å². The van der Waals surface area contributed by atoms with Crippen LogP contribution < -0.4 is 0 Å². The number of rotatable bonds is 3. The Labute approximate surface area is 109 Å². The van der Waals surface area contributed by atoms with Gasteiger partial charge in [0.1, 0.15) is 0 Å². The van der Waals surface area contributed by atoms with E-state index in [1.165, 1.54) is 6.08 Å². The summed E-state index contributed by atoms with van der Waals surface area (Å²) in [5.74, 6) is -0.269. The Morgan fingerprint density at radius 3 is 2.22 bits per heavy atom. The molecule has 5 unspecified atom stereocenters. The fraction of sp³-hybridized carbons (Fsp3) is 0.778. The molecule has 0 heterocycles. The molecule has 0 saturated heterocycles. The van der Waals surface area contributed by atoms with Gasteiger partial charge >= 0.3 is 0 Å². The minimum Gasteiger partial charge on any atom is -0.772 e. The van der Waals surface area contributed by atoms with Crippen LogP contribution in [0.2, 0.25) is 0 Å². The zero-order valence-electron chi connectivity index (χ0n) is 9.64. The molecule has 0 radical (unpaired) electrons. The minimum absolute atomic E-state index is 0.0955. The van der Waals surface area contributed by atoms with Crippen molar-refractivity contribution in [3.8, 4) is 0 Å². The summed E-state index contributed by atoms with van der Waals surface area (Å²) < 4.78 is 44.0. The van der Waals surface area contributed by atoms with Crippen LogP contribution in [0.4, 0.5) is 0 Å². The lowest BCUT2D eigenvalue weighted by molar-refractivity contribution is -0.428. The van der Waals surface area contributed by atoms with E-state index in [2.05, 4.69) is 0 Å². The molecule has 1 aliphatic rings. The quantitative estimate of drug-likeness (QED) is 0.423. The molecule has 9 heteroatoms. The van der Waals surface area contributed by atoms with Gasteiger partial charge in [0.2, 0.25) is 5.70 Å². The lowest BCUT2D eigenvalue weighted by Crippen LogP contribution is -2.30. The Kier molecular flexibility index (Phi) is 5.57. The van der Waals surface area contributed by atoms with Crippen LogP contribution in [0, 0.1) is 16.0 Å². The summed E-state index contributed by atoms with van der Waals surface area (Å²) in [5.41, 5.74) is -0.160. The summed E-state index contributed by atoms with van der Waals surface area (Å²) in [7, 11) is 0. The summed E-state index contributed by atoms with van der Waals surface area (Å²) in [6.07, 6.45) is 1.20. The Morgan fingerprint density at radius 1 is 1.22 bits per heavy atom. The maximum atomic E-state index is 11.0. The van der Waals surface area contributed by atoms with E-state index in [0.29, 0.717) is 0 Å². The minimum atomic E-state index is -2.53. The van der Waals surface area contributed by atoms with Crippen molar-refractivity contribution in [2.75, 3.05) is 0 Å². The second-order valence-corrected chi connectivity index (χ2v) is 6.71. The molecular weight excluding hydrogens is 282 g/mol. The molecule has 7 nitrogen and oxygen atoms in total. The summed E-state index contributed by atoms with van der Waals surface area (Å²) in [6, 6.07) is 0. The van der Waals surface area contributed by atoms with Crippen LogP contribution >= 0.6 is 0 Å². The fourth-order valence-corrected chi connectivity index (χ4v) is 3.69. The van der Waals surface area contributed by atoms with Crippen LogP contribution in [0.25, 0.3) is 0 Å². The second-order valence-electron chi connectivity index (χ2n) is 4.33. The predicted molar refractivity (Wildman–Crippen MR) is 63.5 cm³/mol. The van der Waals surface area contributed by atoms with Crippen LogP contribution in [0.3, 0.4) is 0 Å². The molecule has 0 N–H and O–H groups in total. The van der Waals surface area contributed by atoms with Crippen molar-refractivity contribution in [2.45, 2.75) is 36.7 Å². The zero-order chi connectivity index (χ0) is 13.9. The summed E-state index contributed by atoms with van der Waals surface area (Å²) >= 11 is -4.90. The maximum absolute atomic E-state index is 11.0. The van der Waals surface area contributed by atoms with E-state index in [1.807, 2.05) is 0 Å². The third-order valence-electron chi connectivity index (χ3n) is 2.85. The first-order valence-electron chi connectivity index (χ1n) is 5.32. The number of allylic oxidation sites excluding steroid dienone is 2. The van der Waals surface area contributed by atoms with Gasteiger partial charge < -0.3 is 9.11 Å². The van der Waals surface area contributed by atoms with Crippen LogP contribution in [0.5, 0.6) is 0 Å². The van der Waals surface area contributed by atoms with Crippen molar-refractivity contribution in [1.29, 1.82) is 0 Å². The van der Waals surface area contributed by atoms with Gasteiger partial charge in [0.15, 0.2) is 0 Å². The summed E-state index contributed by atoms with van der Waals surface area (Å²) in [5, 5.41) is 8.95. The lowest BCUT2D eigenvalue weighted by atomic mass is 9.96. The molecule has 18 heavy (non-hydrogen) atoms. The van der Waals surface area contributed by atoms with Gasteiger partial charge in [0, 0.05) is 10.5 Å². The average molecular weight is 295 g/mol. The predicted octanol–water partition coefficient (Wildman–Crippen LogP) is 0.462. The first kappa shape index (κ1) is 15.4. The molecule has 1 aliphatic carbocycles. The van der Waals surface area contributed by atoms with Gasteiger partial charge in [0.25, 0.3) is 0 Å². The van der Waals surface area contributed by atoms with E-state index >= 15 is 0 Å². The van der Waals surface area contributed by atoms with Crippen LogP contribution in [0.1, 0.15) is 26.2 Å². The largest absolute Gasteiger partial charge is 0.772 e. The Bertz CT molecular complexity index is 410. The van der Waals surface area contributed by atoms with Gasteiger partial charge in [-0.25, -0.2) is 0 Å². The average Bonchev–Trinajstić information content (AvgIpc) is 2.20. The molecule has 0 amide bonds. The molecule has 0 aromatic heterocycles. The highest BCUT2D eigenvalue weighted by Gasteiger charge is 2.28. The SMILES string of the molecule is CC1C=C([N+](=O)[O-])CC(S(=O)[O-])CC(S(=O)[O-])C1. The molecule has 5 atom stereocenters. The van der Waals surface area contributed by atoms with Crippen molar-refractivity contribution < 1.29 is 22.4 Å². The molecule has 0 bridgehead atoms. The number of hydrogen-bond acceptors (Lipinski definition) is 6. The van der Waals surface area contributed by atoms with Gasteiger partial charge in [-0.05, 0) is 24.8 Å². The van der Waals surface area contributed by atoms with Crippen molar-refractivity contribution in [1.82, 2.24) is 0 Å². The third-order valence-corrected chi connectivity index (χ3v) is 4.69. The van der Waals surface area contributed by atoms with Crippen LogP contribution in [-0.4, -0.2) is 32.9 Å². The van der Waals surface area contributed by atoms with E-state index in [-0.39, 0.29) is 30.9 Å². The third kappa shape index (κ3) is 4.23. The van der Waals surface area contributed by atoms with E-state index in [4.69, 9.17) is 0 Å². The van der Waals surface area contributed by atoms with E-state index in [1.54, 1.807) is 6.92 Å². The number of hydrogen-bond donors (Lipinski definition) is 0. The lowest BCUT2D eigenvalue weighted by Gasteiger charge is -2.29. The summed E-state index contributed by atoms with van der Waals surface area (Å²) in [6.45, 7) is 1.68. The smallest absolute Gasteiger partial charge is 0.243 e. The highest BCUT2D eigenvalue weighted by Crippen LogP contribution is 2.26. The Morgan fingerprint density at radius 2 is 1.78 bits per heavy atom. The van der Waals surface area contributed by atoms with E-state index in [0.717, 1.165) is 0 Å². The molecule has 1 rings (SSSR count). The monoisotopic (exact) mass is 295 g/mol. The van der Waals surface area contributed by atoms with E-state index in [9.17, 15) is 27.6 Å². The highest BCUT2D eigenvalue weighted by molar-refractivity contribution is 7.80. The first-order chi connectivity index (χ1) is 8.31. The van der Waals surface area contributed by atoms with Gasteiger partial charge in [-0.15, -0.1) is 0 Å². The van der Waals surface area contributed by atoms with Gasteiger partial charge in [-0.1, -0.05) is 29.1 Å². The first-order valence-corrected chi connectivity index (χ1v) is 7.60. The molecule has 0 fully saturated rings. The van der Waals surface area contributed by atoms with Gasteiger partial charge in [-0.3, -0.25) is 18.5 Å². The summed E-state index contributed by atoms with van der Waals surface area (Å²) in [4.78, 5) is 10.2. The molecular formula is C9H13NO6S2-2. The second kappa shape index (κ2) is 6.50. The van der Waals surface area contributed by atoms with Crippen molar-refractivity contribution in [3.05, 3.63) is 21.9 Å². The molecule has 0 aliphatic heterocycles. The molecule has 0 aromatic carbocycles. The molecule has 0 aromatic rings. The fourth-order valence-electron chi connectivity index (χ4n) is 2.02. The maximum Gasteiger partial charge on any atom is 0.243 e. The zero-order valence-corrected chi connectivity index (χ0v) is 11.3. The standard InChI is InChI=1S/C9H15NO6S2/c1-6-2-7(10(11)12)4-9(18(15)16)5-8(3-6)17(13)14/h2,6,8-9H,3-5H2,1H3,(H,13,14)(H,15,16)/p-2. The van der Waals surface area contributed by atoms with Crippen LogP contribution in [0.15, 0.2) is 11.8 Å². The topological polar surface area (TPSA) is 123 Å². The normalized spacial score (nSPS) is 32.8. The Hall–Kier alpha value is -0.640. The van der Waals surface area contributed by atoms with Crippen molar-refractivity contribution >= 4 is 22.2 Å². The van der Waals surface area contributed by atoms with Crippen LogP contribution in [-0.2, 0) is 22.2 Å². The molecule has 0 spiro atoms. The van der Waals surface area contributed by atoms with Gasteiger partial charge in [-0.2, -0.15) is 0 Å². The Balaban J connectivity index is 3.02. The molecule has 0 saturated carbocycles. The van der Waals surface area contributed by atoms with Crippen molar-refractivity contribution in [3.63, 3.8) is 0 Å². The molecule has 104 valence electrons. The van der Waals surface area contributed by atoms with Gasteiger partial charge in [0.05, 0.1) is 11.3 Å². The van der Waals surface area contributed by atoms with E-state index < -0.39 is 37.6 Å². The highest BCUT2D eigenvalue weighted by atomic mass is 32.2. The number of nitro groups is 1. The number of nitrogens with zero attached hydrogens (tertiary/aromatic N) is 1.